The van der Waals surface area contributed by atoms with Crippen LogP contribution in [0, 0.1) is 5.92 Å². The lowest BCUT2D eigenvalue weighted by Crippen LogP contribution is -2.14. The monoisotopic (exact) mass is 255 g/mol. The van der Waals surface area contributed by atoms with Gasteiger partial charge in [0.1, 0.15) is 11.5 Å². The molecule has 0 atom stereocenters. The highest BCUT2D eigenvalue weighted by atomic mass is 35.5. The van der Waals surface area contributed by atoms with E-state index in [2.05, 4.69) is 5.32 Å². The molecule has 0 aromatic heterocycles. The molecule has 17 heavy (non-hydrogen) atoms. The van der Waals surface area contributed by atoms with Gasteiger partial charge >= 0.3 is 0 Å². The van der Waals surface area contributed by atoms with Crippen molar-refractivity contribution in [2.24, 2.45) is 5.92 Å². The summed E-state index contributed by atoms with van der Waals surface area (Å²) in [6.07, 6.45) is 1.91. The first-order valence-electron chi connectivity index (χ1n) is 5.38. The number of nitrogens with one attached hydrogen (secondary N) is 1. The average molecular weight is 256 g/mol. The Labute approximate surface area is 105 Å². The van der Waals surface area contributed by atoms with Crippen LogP contribution in [-0.2, 0) is 4.79 Å². The zero-order chi connectivity index (χ0) is 12.4. The summed E-state index contributed by atoms with van der Waals surface area (Å²) in [7, 11) is 3.07. The van der Waals surface area contributed by atoms with Crippen LogP contribution in [0.5, 0.6) is 11.5 Å². The third-order valence-corrected chi connectivity index (χ3v) is 2.98. The highest BCUT2D eigenvalue weighted by Gasteiger charge is 2.30. The Morgan fingerprint density at radius 2 is 1.94 bits per heavy atom. The van der Waals surface area contributed by atoms with Crippen molar-refractivity contribution in [3.8, 4) is 11.5 Å². The van der Waals surface area contributed by atoms with Crippen LogP contribution in [0.1, 0.15) is 12.8 Å². The molecule has 1 aliphatic rings. The first-order chi connectivity index (χ1) is 8.15. The van der Waals surface area contributed by atoms with Gasteiger partial charge < -0.3 is 14.8 Å². The third-order valence-electron chi connectivity index (χ3n) is 2.68. The van der Waals surface area contributed by atoms with Crippen LogP contribution >= 0.6 is 11.6 Å². The van der Waals surface area contributed by atoms with Crippen LogP contribution in [0.4, 0.5) is 5.69 Å². The molecule has 0 saturated heterocycles. The van der Waals surface area contributed by atoms with Gasteiger partial charge in [-0.1, -0.05) is 11.6 Å². The minimum atomic E-state index is 0.0181. The second kappa shape index (κ2) is 4.84. The highest BCUT2D eigenvalue weighted by Crippen LogP contribution is 2.37. The molecule has 2 rings (SSSR count). The fourth-order valence-electron chi connectivity index (χ4n) is 1.54. The van der Waals surface area contributed by atoms with Crippen LogP contribution in [0.25, 0.3) is 0 Å². The minimum Gasteiger partial charge on any atom is -0.495 e. The maximum Gasteiger partial charge on any atom is 0.227 e. The Morgan fingerprint density at radius 3 is 2.47 bits per heavy atom. The molecule has 0 unspecified atom stereocenters. The van der Waals surface area contributed by atoms with E-state index in [-0.39, 0.29) is 11.8 Å². The van der Waals surface area contributed by atoms with Crippen LogP contribution in [0.2, 0.25) is 5.02 Å². The molecule has 1 amide bonds. The van der Waals surface area contributed by atoms with Crippen molar-refractivity contribution < 1.29 is 14.3 Å². The van der Waals surface area contributed by atoms with Crippen molar-refractivity contribution in [3.63, 3.8) is 0 Å². The maximum atomic E-state index is 11.7. The van der Waals surface area contributed by atoms with E-state index in [1.54, 1.807) is 12.1 Å². The lowest BCUT2D eigenvalue weighted by atomic mass is 10.2. The number of rotatable bonds is 4. The number of carbonyl (C=O) groups excluding carboxylic acids is 1. The number of halogens is 1. The summed E-state index contributed by atoms with van der Waals surface area (Å²) in [4.78, 5) is 11.7. The van der Waals surface area contributed by atoms with Crippen molar-refractivity contribution in [1.82, 2.24) is 0 Å². The molecule has 1 N–H and O–H groups in total. The summed E-state index contributed by atoms with van der Waals surface area (Å²) in [6.45, 7) is 0. The Morgan fingerprint density at radius 1 is 1.29 bits per heavy atom. The van der Waals surface area contributed by atoms with E-state index in [0.717, 1.165) is 12.8 Å². The number of carbonyl (C=O) groups is 1. The van der Waals surface area contributed by atoms with E-state index in [0.29, 0.717) is 22.2 Å². The first kappa shape index (κ1) is 12.0. The van der Waals surface area contributed by atoms with Crippen LogP contribution in [0.3, 0.4) is 0 Å². The molecular weight excluding hydrogens is 242 g/mol. The molecular formula is C12H14ClNO3. The molecule has 0 heterocycles. The molecule has 0 radical (unpaired) electrons. The molecule has 92 valence electrons. The second-order valence-corrected chi connectivity index (χ2v) is 4.36. The molecule has 1 aromatic carbocycles. The first-order valence-corrected chi connectivity index (χ1v) is 5.76. The summed E-state index contributed by atoms with van der Waals surface area (Å²) >= 11 is 6.01. The summed E-state index contributed by atoms with van der Waals surface area (Å²) < 4.78 is 10.3. The molecule has 1 fully saturated rings. The van der Waals surface area contributed by atoms with Crippen molar-refractivity contribution in [2.45, 2.75) is 12.8 Å². The van der Waals surface area contributed by atoms with E-state index in [1.807, 2.05) is 0 Å². The number of hydrogen-bond donors (Lipinski definition) is 1. The van der Waals surface area contributed by atoms with E-state index < -0.39 is 0 Å². The molecule has 0 bridgehead atoms. The van der Waals surface area contributed by atoms with Crippen LogP contribution in [-0.4, -0.2) is 20.1 Å². The van der Waals surface area contributed by atoms with Gasteiger partial charge in [0.05, 0.1) is 24.9 Å². The van der Waals surface area contributed by atoms with E-state index >= 15 is 0 Å². The van der Waals surface area contributed by atoms with Crippen molar-refractivity contribution in [1.29, 1.82) is 0 Å². The zero-order valence-corrected chi connectivity index (χ0v) is 10.5. The molecule has 1 saturated carbocycles. The number of hydrogen-bond acceptors (Lipinski definition) is 3. The third kappa shape index (κ3) is 2.64. The van der Waals surface area contributed by atoms with Gasteiger partial charge in [-0.05, 0) is 18.9 Å². The smallest absolute Gasteiger partial charge is 0.227 e. The van der Waals surface area contributed by atoms with Crippen molar-refractivity contribution >= 4 is 23.2 Å². The maximum absolute atomic E-state index is 11.7. The minimum absolute atomic E-state index is 0.0181. The summed E-state index contributed by atoms with van der Waals surface area (Å²) in [6, 6.07) is 3.30. The Hall–Kier alpha value is -1.42. The number of benzene rings is 1. The standard InChI is InChI=1S/C12H14ClNO3/c1-16-10-6-11(17-2)9(5-8(10)13)14-12(15)7-3-4-7/h5-7H,3-4H2,1-2H3,(H,14,15). The van der Waals surface area contributed by atoms with Gasteiger partial charge in [-0.15, -0.1) is 0 Å². The number of anilines is 1. The predicted molar refractivity (Wildman–Crippen MR) is 65.9 cm³/mol. The normalized spacial score (nSPS) is 14.3. The number of methoxy groups -OCH3 is 2. The largest absolute Gasteiger partial charge is 0.495 e. The number of amides is 1. The summed E-state index contributed by atoms with van der Waals surface area (Å²) in [5.41, 5.74) is 0.579. The van der Waals surface area contributed by atoms with Gasteiger partial charge in [0.2, 0.25) is 5.91 Å². The molecule has 1 aromatic rings. The lowest BCUT2D eigenvalue weighted by Gasteiger charge is -2.12. The fraction of sp³-hybridized carbons (Fsp3) is 0.417. The average Bonchev–Trinajstić information content (AvgIpc) is 3.13. The molecule has 4 nitrogen and oxygen atoms in total. The van der Waals surface area contributed by atoms with Gasteiger partial charge in [0, 0.05) is 12.0 Å². The predicted octanol–water partition coefficient (Wildman–Crippen LogP) is 2.71. The van der Waals surface area contributed by atoms with Gasteiger partial charge in [0.25, 0.3) is 0 Å². The molecule has 1 aliphatic carbocycles. The van der Waals surface area contributed by atoms with Crippen LogP contribution < -0.4 is 14.8 Å². The van der Waals surface area contributed by atoms with Gasteiger partial charge in [-0.25, -0.2) is 0 Å². The highest BCUT2D eigenvalue weighted by molar-refractivity contribution is 6.32. The molecule has 0 aliphatic heterocycles. The van der Waals surface area contributed by atoms with Crippen molar-refractivity contribution in [2.75, 3.05) is 19.5 Å². The van der Waals surface area contributed by atoms with E-state index in [4.69, 9.17) is 21.1 Å². The molecule has 0 spiro atoms. The lowest BCUT2D eigenvalue weighted by molar-refractivity contribution is -0.117. The van der Waals surface area contributed by atoms with E-state index in [9.17, 15) is 4.79 Å². The van der Waals surface area contributed by atoms with E-state index in [1.165, 1.54) is 14.2 Å². The van der Waals surface area contributed by atoms with Gasteiger partial charge in [-0.3, -0.25) is 4.79 Å². The quantitative estimate of drug-likeness (QED) is 0.900. The summed E-state index contributed by atoms with van der Waals surface area (Å²) in [5, 5.41) is 3.26. The second-order valence-electron chi connectivity index (χ2n) is 3.95. The van der Waals surface area contributed by atoms with Gasteiger partial charge in [-0.2, -0.15) is 0 Å². The molecule has 5 heteroatoms. The van der Waals surface area contributed by atoms with Gasteiger partial charge in [0.15, 0.2) is 0 Å². The summed E-state index contributed by atoms with van der Waals surface area (Å²) in [5.74, 6) is 1.22. The SMILES string of the molecule is COc1cc(OC)c(NC(=O)C2CC2)cc1Cl. The van der Waals surface area contributed by atoms with Crippen molar-refractivity contribution in [3.05, 3.63) is 17.2 Å². The van der Waals surface area contributed by atoms with Crippen LogP contribution in [0.15, 0.2) is 12.1 Å². The topological polar surface area (TPSA) is 47.6 Å². The Kier molecular flexibility index (Phi) is 3.43. The zero-order valence-electron chi connectivity index (χ0n) is 9.75. The Bertz CT molecular complexity index is 444. The number of ether oxygens (including phenoxy) is 2. The Balaban J connectivity index is 2.25. The fourth-order valence-corrected chi connectivity index (χ4v) is 1.78.